The van der Waals surface area contributed by atoms with Gasteiger partial charge in [0.1, 0.15) is 0 Å². The Bertz CT molecular complexity index is 817. The van der Waals surface area contributed by atoms with E-state index in [-0.39, 0.29) is 18.6 Å². The molecule has 2 aromatic carbocycles. The van der Waals surface area contributed by atoms with Gasteiger partial charge in [0, 0.05) is 29.7 Å². The Morgan fingerprint density at radius 3 is 2.62 bits per heavy atom. The SMILES string of the molecule is COc1cccc([C@@H]2CC(=O)Nc3cc4c(cc32)OCO4)c1OC. The second kappa shape index (κ2) is 5.63. The molecule has 1 atom stereocenters. The fraction of sp³-hybridized carbons (Fsp3) is 0.278. The Morgan fingerprint density at radius 2 is 1.88 bits per heavy atom. The van der Waals surface area contributed by atoms with Gasteiger partial charge in [-0.3, -0.25) is 4.79 Å². The molecule has 0 spiro atoms. The van der Waals surface area contributed by atoms with Crippen LogP contribution in [-0.2, 0) is 4.79 Å². The molecule has 2 heterocycles. The quantitative estimate of drug-likeness (QED) is 0.939. The summed E-state index contributed by atoms with van der Waals surface area (Å²) in [6.45, 7) is 0.194. The molecule has 0 saturated carbocycles. The first kappa shape index (κ1) is 14.7. The van der Waals surface area contributed by atoms with Gasteiger partial charge < -0.3 is 24.3 Å². The minimum Gasteiger partial charge on any atom is -0.493 e. The molecule has 1 N–H and O–H groups in total. The molecule has 0 bridgehead atoms. The first-order valence-corrected chi connectivity index (χ1v) is 7.65. The first-order valence-electron chi connectivity index (χ1n) is 7.65. The van der Waals surface area contributed by atoms with E-state index in [9.17, 15) is 4.79 Å². The number of rotatable bonds is 3. The number of fused-ring (bicyclic) bond motifs is 2. The van der Waals surface area contributed by atoms with Gasteiger partial charge in [-0.1, -0.05) is 12.1 Å². The van der Waals surface area contributed by atoms with Crippen molar-refractivity contribution < 1.29 is 23.7 Å². The van der Waals surface area contributed by atoms with Gasteiger partial charge in [0.05, 0.1) is 14.2 Å². The molecular weight excluding hydrogens is 310 g/mol. The van der Waals surface area contributed by atoms with E-state index < -0.39 is 0 Å². The van der Waals surface area contributed by atoms with Crippen molar-refractivity contribution in [3.63, 3.8) is 0 Å². The standard InChI is InChI=1S/C18H17NO5/c1-21-14-5-3-4-10(18(14)22-2)11-7-17(20)19-13-8-16-15(6-12(11)13)23-9-24-16/h3-6,8,11H,7,9H2,1-2H3,(H,19,20)/t11-/m0/s1. The maximum atomic E-state index is 12.2. The number of carbonyl (C=O) groups is 1. The average molecular weight is 327 g/mol. The number of methoxy groups -OCH3 is 2. The zero-order chi connectivity index (χ0) is 16.7. The Hall–Kier alpha value is -2.89. The molecular formula is C18H17NO5. The van der Waals surface area contributed by atoms with Gasteiger partial charge in [-0.2, -0.15) is 0 Å². The van der Waals surface area contributed by atoms with Gasteiger partial charge in [-0.05, 0) is 17.7 Å². The lowest BCUT2D eigenvalue weighted by atomic mass is 9.84. The van der Waals surface area contributed by atoms with E-state index in [1.54, 1.807) is 14.2 Å². The predicted molar refractivity (Wildman–Crippen MR) is 87.2 cm³/mol. The zero-order valence-electron chi connectivity index (χ0n) is 13.4. The summed E-state index contributed by atoms with van der Waals surface area (Å²) < 4.78 is 21.8. The lowest BCUT2D eigenvalue weighted by molar-refractivity contribution is -0.116. The molecule has 0 aliphatic carbocycles. The minimum absolute atomic E-state index is 0.0451. The fourth-order valence-corrected chi connectivity index (χ4v) is 3.31. The van der Waals surface area contributed by atoms with Crippen LogP contribution >= 0.6 is 0 Å². The Labute approximate surface area is 139 Å². The number of para-hydroxylation sites is 1. The van der Waals surface area contributed by atoms with Crippen molar-refractivity contribution in [1.29, 1.82) is 0 Å². The molecule has 6 nitrogen and oxygen atoms in total. The van der Waals surface area contributed by atoms with Crippen molar-refractivity contribution in [3.05, 3.63) is 41.5 Å². The van der Waals surface area contributed by atoms with Crippen molar-refractivity contribution in [3.8, 4) is 23.0 Å². The molecule has 2 aliphatic heterocycles. The molecule has 0 radical (unpaired) electrons. The molecule has 6 heteroatoms. The van der Waals surface area contributed by atoms with Gasteiger partial charge in [-0.15, -0.1) is 0 Å². The first-order chi connectivity index (χ1) is 11.7. The van der Waals surface area contributed by atoms with Crippen LogP contribution in [0, 0.1) is 0 Å². The van der Waals surface area contributed by atoms with E-state index in [1.165, 1.54) is 0 Å². The van der Waals surface area contributed by atoms with Crippen LogP contribution in [0.1, 0.15) is 23.5 Å². The normalized spacial score (nSPS) is 17.9. The zero-order valence-corrected chi connectivity index (χ0v) is 13.4. The molecule has 0 unspecified atom stereocenters. The second-order valence-electron chi connectivity index (χ2n) is 5.68. The highest BCUT2D eigenvalue weighted by Gasteiger charge is 2.32. The summed E-state index contributed by atoms with van der Waals surface area (Å²) in [5.74, 6) is 2.43. The van der Waals surface area contributed by atoms with Gasteiger partial charge >= 0.3 is 0 Å². The Balaban J connectivity index is 1.87. The summed E-state index contributed by atoms with van der Waals surface area (Å²) in [5, 5.41) is 2.91. The number of hydrogen-bond acceptors (Lipinski definition) is 5. The van der Waals surface area contributed by atoms with Gasteiger partial charge in [-0.25, -0.2) is 0 Å². The molecule has 2 aromatic rings. The van der Waals surface area contributed by atoms with Gasteiger partial charge in [0.15, 0.2) is 23.0 Å². The molecule has 2 aliphatic rings. The number of hydrogen-bond donors (Lipinski definition) is 1. The maximum Gasteiger partial charge on any atom is 0.231 e. The molecule has 1 amide bonds. The van der Waals surface area contributed by atoms with E-state index in [0.29, 0.717) is 29.4 Å². The van der Waals surface area contributed by atoms with Crippen LogP contribution in [0.3, 0.4) is 0 Å². The van der Waals surface area contributed by atoms with E-state index in [1.807, 2.05) is 30.3 Å². The molecule has 0 saturated heterocycles. The largest absolute Gasteiger partial charge is 0.493 e. The number of carbonyl (C=O) groups excluding carboxylic acids is 1. The monoisotopic (exact) mass is 327 g/mol. The van der Waals surface area contributed by atoms with Crippen LogP contribution in [-0.4, -0.2) is 26.9 Å². The van der Waals surface area contributed by atoms with Gasteiger partial charge in [0.2, 0.25) is 12.7 Å². The van der Waals surface area contributed by atoms with Crippen LogP contribution in [0.25, 0.3) is 0 Å². The second-order valence-corrected chi connectivity index (χ2v) is 5.68. The van der Waals surface area contributed by atoms with Crippen LogP contribution in [0.2, 0.25) is 0 Å². The summed E-state index contributed by atoms with van der Waals surface area (Å²) >= 11 is 0. The van der Waals surface area contributed by atoms with Crippen molar-refractivity contribution in [2.45, 2.75) is 12.3 Å². The number of nitrogens with one attached hydrogen (secondary N) is 1. The highest BCUT2D eigenvalue weighted by molar-refractivity contribution is 5.96. The molecule has 124 valence electrons. The van der Waals surface area contributed by atoms with Crippen LogP contribution < -0.4 is 24.3 Å². The molecule has 24 heavy (non-hydrogen) atoms. The average Bonchev–Trinajstić information content (AvgIpc) is 3.05. The van der Waals surface area contributed by atoms with Crippen LogP contribution in [0.15, 0.2) is 30.3 Å². The fourth-order valence-electron chi connectivity index (χ4n) is 3.31. The predicted octanol–water partition coefficient (Wildman–Crippen LogP) is 2.91. The third kappa shape index (κ3) is 2.22. The minimum atomic E-state index is -0.145. The molecule has 0 aromatic heterocycles. The highest BCUT2D eigenvalue weighted by atomic mass is 16.7. The number of ether oxygens (including phenoxy) is 4. The number of amides is 1. The van der Waals surface area contributed by atoms with E-state index in [4.69, 9.17) is 18.9 Å². The summed E-state index contributed by atoms with van der Waals surface area (Å²) in [4.78, 5) is 12.2. The maximum absolute atomic E-state index is 12.2. The lowest BCUT2D eigenvalue weighted by Crippen LogP contribution is -2.23. The third-order valence-electron chi connectivity index (χ3n) is 4.39. The number of benzene rings is 2. The van der Waals surface area contributed by atoms with Crippen LogP contribution in [0.5, 0.6) is 23.0 Å². The van der Waals surface area contributed by atoms with Crippen LogP contribution in [0.4, 0.5) is 5.69 Å². The smallest absolute Gasteiger partial charge is 0.231 e. The summed E-state index contributed by atoms with van der Waals surface area (Å²) in [7, 11) is 3.20. The molecule has 4 rings (SSSR count). The Kier molecular flexibility index (Phi) is 3.45. The highest BCUT2D eigenvalue weighted by Crippen LogP contribution is 2.47. The van der Waals surface area contributed by atoms with E-state index in [0.717, 1.165) is 16.8 Å². The van der Waals surface area contributed by atoms with Crippen molar-refractivity contribution >= 4 is 11.6 Å². The summed E-state index contributed by atoms with van der Waals surface area (Å²) in [6, 6.07) is 9.44. The Morgan fingerprint density at radius 1 is 1.08 bits per heavy atom. The summed E-state index contributed by atoms with van der Waals surface area (Å²) in [5.41, 5.74) is 2.63. The number of anilines is 1. The summed E-state index contributed by atoms with van der Waals surface area (Å²) in [6.07, 6.45) is 0.330. The lowest BCUT2D eigenvalue weighted by Gasteiger charge is -2.27. The van der Waals surface area contributed by atoms with E-state index in [2.05, 4.69) is 5.32 Å². The van der Waals surface area contributed by atoms with Crippen molar-refractivity contribution in [1.82, 2.24) is 0 Å². The van der Waals surface area contributed by atoms with Gasteiger partial charge in [0.25, 0.3) is 0 Å². The topological polar surface area (TPSA) is 66.0 Å². The van der Waals surface area contributed by atoms with Crippen molar-refractivity contribution in [2.75, 3.05) is 26.3 Å². The third-order valence-corrected chi connectivity index (χ3v) is 4.39. The molecule has 0 fully saturated rings. The van der Waals surface area contributed by atoms with Crippen molar-refractivity contribution in [2.24, 2.45) is 0 Å². The van der Waals surface area contributed by atoms with E-state index >= 15 is 0 Å².